The maximum Gasteiger partial charge on any atom is 0.411 e. The van der Waals surface area contributed by atoms with Crippen LogP contribution in [0.2, 0.25) is 0 Å². The number of carbonyl (C=O) groups excluding carboxylic acids is 1. The van der Waals surface area contributed by atoms with Crippen LogP contribution in [0.5, 0.6) is 5.75 Å². The van der Waals surface area contributed by atoms with E-state index in [2.05, 4.69) is 17.4 Å². The number of hydrogen-bond acceptors (Lipinski definition) is 4. The Labute approximate surface area is 150 Å². The van der Waals surface area contributed by atoms with Gasteiger partial charge in [-0.15, -0.1) is 0 Å². The molecule has 5 nitrogen and oxygen atoms in total. The first-order chi connectivity index (χ1) is 11.8. The molecule has 1 aromatic carbocycles. The zero-order chi connectivity index (χ0) is 18.1. The number of benzene rings is 1. The van der Waals surface area contributed by atoms with Crippen LogP contribution in [0.1, 0.15) is 52.0 Å². The summed E-state index contributed by atoms with van der Waals surface area (Å²) in [5.41, 5.74) is 0.439. The number of fused-ring (bicyclic) bond motifs is 3. The predicted molar refractivity (Wildman–Crippen MR) is 97.5 cm³/mol. The van der Waals surface area contributed by atoms with Gasteiger partial charge in [0.05, 0.1) is 12.8 Å². The van der Waals surface area contributed by atoms with Crippen LogP contribution < -0.4 is 10.1 Å². The average molecular weight is 346 g/mol. The summed E-state index contributed by atoms with van der Waals surface area (Å²) >= 11 is 0. The third kappa shape index (κ3) is 4.09. The molecule has 0 atom stereocenters. The molecular formula is C20H30N2O3. The van der Waals surface area contributed by atoms with E-state index >= 15 is 0 Å². The summed E-state index contributed by atoms with van der Waals surface area (Å²) in [6.45, 7) is 7.29. The van der Waals surface area contributed by atoms with E-state index < -0.39 is 5.60 Å². The minimum atomic E-state index is -0.467. The van der Waals surface area contributed by atoms with Gasteiger partial charge in [0.15, 0.2) is 0 Å². The lowest BCUT2D eigenvalue weighted by Crippen LogP contribution is -2.67. The second-order valence-corrected chi connectivity index (χ2v) is 8.27. The Morgan fingerprint density at radius 1 is 1.24 bits per heavy atom. The zero-order valence-corrected chi connectivity index (χ0v) is 15.8. The fraction of sp³-hybridized carbons (Fsp3) is 0.650. The van der Waals surface area contributed by atoms with E-state index in [-0.39, 0.29) is 11.8 Å². The molecule has 25 heavy (non-hydrogen) atoms. The van der Waals surface area contributed by atoms with Gasteiger partial charge in [-0.05, 0) is 70.1 Å². The summed E-state index contributed by atoms with van der Waals surface area (Å²) in [5, 5.41) is 3.68. The van der Waals surface area contributed by atoms with Gasteiger partial charge in [0, 0.05) is 13.1 Å². The van der Waals surface area contributed by atoms with Crippen LogP contribution in [-0.4, -0.2) is 35.9 Å². The van der Waals surface area contributed by atoms with Gasteiger partial charge in [0.25, 0.3) is 0 Å². The van der Waals surface area contributed by atoms with E-state index in [1.54, 1.807) is 7.11 Å². The van der Waals surface area contributed by atoms with Gasteiger partial charge < -0.3 is 9.47 Å². The van der Waals surface area contributed by atoms with Crippen molar-refractivity contribution in [2.75, 3.05) is 13.7 Å². The van der Waals surface area contributed by atoms with Gasteiger partial charge >= 0.3 is 6.09 Å². The lowest BCUT2D eigenvalue weighted by Gasteiger charge is -2.54. The zero-order valence-electron chi connectivity index (χ0n) is 15.8. The first-order valence-electron chi connectivity index (χ1n) is 9.20. The van der Waals surface area contributed by atoms with Crippen molar-refractivity contribution in [2.24, 2.45) is 5.92 Å². The predicted octanol–water partition coefficient (Wildman–Crippen LogP) is 3.92. The molecule has 0 aromatic heterocycles. The number of nitrogens with one attached hydrogen (secondary N) is 1. The highest BCUT2D eigenvalue weighted by atomic mass is 16.6. The Kier molecular flexibility index (Phi) is 4.96. The Bertz CT molecular complexity index is 598. The molecule has 0 spiro atoms. The first-order valence-corrected chi connectivity index (χ1v) is 9.20. The number of rotatable bonds is 4. The van der Waals surface area contributed by atoms with Crippen molar-refractivity contribution < 1.29 is 14.3 Å². The summed E-state index contributed by atoms with van der Waals surface area (Å²) < 4.78 is 10.9. The number of ether oxygens (including phenoxy) is 2. The topological polar surface area (TPSA) is 50.8 Å². The normalized spacial score (nSPS) is 25.8. The number of amides is 1. The number of piperidine rings is 2. The van der Waals surface area contributed by atoms with Crippen LogP contribution >= 0.6 is 0 Å². The maximum absolute atomic E-state index is 12.8. The van der Waals surface area contributed by atoms with Crippen molar-refractivity contribution in [3.63, 3.8) is 0 Å². The number of hydrogen-bond donors (Lipinski definition) is 1. The molecule has 3 aliphatic rings. The van der Waals surface area contributed by atoms with Gasteiger partial charge in [-0.1, -0.05) is 12.1 Å². The summed E-state index contributed by atoms with van der Waals surface area (Å²) in [6.07, 6.45) is 4.14. The number of nitrogens with zero attached hydrogens (tertiary/aromatic N) is 1. The molecule has 1 aliphatic carbocycles. The highest BCUT2D eigenvalue weighted by molar-refractivity contribution is 5.69. The van der Waals surface area contributed by atoms with Crippen molar-refractivity contribution in [3.8, 4) is 5.75 Å². The monoisotopic (exact) mass is 346 g/mol. The van der Waals surface area contributed by atoms with Crippen molar-refractivity contribution >= 4 is 6.09 Å². The van der Waals surface area contributed by atoms with Gasteiger partial charge in [0.1, 0.15) is 11.4 Å². The Morgan fingerprint density at radius 2 is 1.88 bits per heavy atom. The van der Waals surface area contributed by atoms with Crippen LogP contribution in [0.3, 0.4) is 0 Å². The smallest absolute Gasteiger partial charge is 0.411 e. The largest absolute Gasteiger partial charge is 0.497 e. The third-order valence-corrected chi connectivity index (χ3v) is 5.28. The quantitative estimate of drug-likeness (QED) is 0.898. The number of carbonyl (C=O) groups is 1. The molecule has 1 N–H and O–H groups in total. The molecule has 1 amide bonds. The van der Waals surface area contributed by atoms with E-state index in [1.807, 2.05) is 37.8 Å². The second kappa shape index (κ2) is 6.87. The molecular weight excluding hydrogens is 316 g/mol. The molecule has 2 bridgehead atoms. The van der Waals surface area contributed by atoms with E-state index in [1.165, 1.54) is 18.4 Å². The van der Waals surface area contributed by atoms with Gasteiger partial charge in [-0.3, -0.25) is 10.2 Å². The number of methoxy groups -OCH3 is 1. The van der Waals surface area contributed by atoms with E-state index in [9.17, 15) is 4.79 Å². The Morgan fingerprint density at radius 3 is 2.44 bits per heavy atom. The van der Waals surface area contributed by atoms with Gasteiger partial charge in [0.2, 0.25) is 0 Å². The fourth-order valence-electron chi connectivity index (χ4n) is 3.89. The van der Waals surface area contributed by atoms with Gasteiger partial charge in [-0.2, -0.15) is 0 Å². The third-order valence-electron chi connectivity index (χ3n) is 5.28. The molecule has 5 heteroatoms. The van der Waals surface area contributed by atoms with Crippen LogP contribution in [0, 0.1) is 5.92 Å². The lowest BCUT2D eigenvalue weighted by molar-refractivity contribution is -0.0688. The van der Waals surface area contributed by atoms with Crippen LogP contribution in [0.25, 0.3) is 0 Å². The van der Waals surface area contributed by atoms with Crippen molar-refractivity contribution in [1.82, 2.24) is 10.2 Å². The standard InChI is InChI=1S/C20H30N2O3/c1-19(2,3)25-18(23)22-14-16-9-11-20(22,12-10-16)21-13-15-5-7-17(24-4)8-6-15/h5-8,16,21H,9-14H2,1-4H3. The molecule has 3 fully saturated rings. The van der Waals surface area contributed by atoms with Crippen molar-refractivity contribution in [3.05, 3.63) is 29.8 Å². The first kappa shape index (κ1) is 18.1. The molecule has 0 radical (unpaired) electrons. The molecule has 2 aliphatic heterocycles. The van der Waals surface area contributed by atoms with Crippen LogP contribution in [-0.2, 0) is 11.3 Å². The summed E-state index contributed by atoms with van der Waals surface area (Å²) in [5.74, 6) is 1.47. The average Bonchev–Trinajstić information content (AvgIpc) is 2.60. The summed E-state index contributed by atoms with van der Waals surface area (Å²) in [7, 11) is 1.67. The van der Waals surface area contributed by atoms with Crippen molar-refractivity contribution in [2.45, 2.75) is 64.3 Å². The molecule has 2 heterocycles. The maximum atomic E-state index is 12.8. The van der Waals surface area contributed by atoms with Crippen LogP contribution in [0.4, 0.5) is 4.79 Å². The Hall–Kier alpha value is -1.75. The minimum absolute atomic E-state index is 0.195. The molecule has 0 unspecified atom stereocenters. The summed E-state index contributed by atoms with van der Waals surface area (Å²) in [4.78, 5) is 14.7. The van der Waals surface area contributed by atoms with E-state index in [0.717, 1.165) is 31.7 Å². The van der Waals surface area contributed by atoms with Crippen molar-refractivity contribution in [1.29, 1.82) is 0 Å². The molecule has 4 rings (SSSR count). The van der Waals surface area contributed by atoms with E-state index in [0.29, 0.717) is 5.92 Å². The molecule has 138 valence electrons. The summed E-state index contributed by atoms with van der Waals surface area (Å²) in [6, 6.07) is 8.07. The van der Waals surface area contributed by atoms with E-state index in [4.69, 9.17) is 9.47 Å². The minimum Gasteiger partial charge on any atom is -0.497 e. The lowest BCUT2D eigenvalue weighted by atomic mass is 9.75. The van der Waals surface area contributed by atoms with Gasteiger partial charge in [-0.25, -0.2) is 4.79 Å². The molecule has 1 aromatic rings. The SMILES string of the molecule is COc1ccc(CNC23CCC(CC2)CN3C(=O)OC(C)(C)C)cc1. The molecule has 2 saturated heterocycles. The second-order valence-electron chi connectivity index (χ2n) is 8.27. The highest BCUT2D eigenvalue weighted by Gasteiger charge is 2.49. The molecule has 1 saturated carbocycles. The Balaban J connectivity index is 1.71. The van der Waals surface area contributed by atoms with Crippen LogP contribution in [0.15, 0.2) is 24.3 Å². The highest BCUT2D eigenvalue weighted by Crippen LogP contribution is 2.42. The fourth-order valence-corrected chi connectivity index (χ4v) is 3.89.